The number of nitrogens with zero attached hydrogens (tertiary/aromatic N) is 2. The van der Waals surface area contributed by atoms with Crippen molar-refractivity contribution in [1.82, 2.24) is 9.78 Å². The number of hydrogen-bond donors (Lipinski definition) is 1. The van der Waals surface area contributed by atoms with Crippen molar-refractivity contribution in [3.05, 3.63) is 51.4 Å². The van der Waals surface area contributed by atoms with Gasteiger partial charge in [-0.25, -0.2) is 9.48 Å². The van der Waals surface area contributed by atoms with Gasteiger partial charge in [0.15, 0.2) is 5.69 Å². The Bertz CT molecular complexity index is 868. The first-order valence-electron chi connectivity index (χ1n) is 6.73. The summed E-state index contributed by atoms with van der Waals surface area (Å²) in [6.45, 7) is 1.78. The number of hydrogen-bond acceptors (Lipinski definition) is 4. The Hall–Kier alpha value is -2.12. The largest absolute Gasteiger partial charge is 0.497 e. The zero-order valence-electron chi connectivity index (χ0n) is 12.4. The Morgan fingerprint density at radius 2 is 2.04 bits per heavy atom. The van der Waals surface area contributed by atoms with Crippen LogP contribution in [-0.4, -0.2) is 28.0 Å². The van der Waals surface area contributed by atoms with E-state index < -0.39 is 5.97 Å². The number of aromatic nitrogens is 2. The first kappa shape index (κ1) is 15.8. The van der Waals surface area contributed by atoms with Gasteiger partial charge in [-0.1, -0.05) is 0 Å². The van der Waals surface area contributed by atoms with Gasteiger partial charge in [-0.2, -0.15) is 5.10 Å². The number of aromatic carboxylic acids is 1. The lowest BCUT2D eigenvalue weighted by molar-refractivity contribution is 0.0689. The predicted molar refractivity (Wildman–Crippen MR) is 92.8 cm³/mol. The smallest absolute Gasteiger partial charge is 0.356 e. The standard InChI is InChI=1S/C16H13BrN2O3S/c1-9-14(16(20)21)18-19(11-3-5-12(22-2)6-4-11)15(9)13-7-10(17)8-23-13/h3-8H,1-2H3,(H,20,21). The van der Waals surface area contributed by atoms with Crippen molar-refractivity contribution < 1.29 is 14.6 Å². The van der Waals surface area contributed by atoms with Gasteiger partial charge in [-0.3, -0.25) is 0 Å². The summed E-state index contributed by atoms with van der Waals surface area (Å²) in [6.07, 6.45) is 0. The second-order valence-corrected chi connectivity index (χ2v) is 6.69. The molecule has 0 spiro atoms. The van der Waals surface area contributed by atoms with Gasteiger partial charge in [0.1, 0.15) is 5.75 Å². The SMILES string of the molecule is COc1ccc(-n2nc(C(=O)O)c(C)c2-c2cc(Br)cs2)cc1. The van der Waals surface area contributed by atoms with Crippen LogP contribution in [0.2, 0.25) is 0 Å². The van der Waals surface area contributed by atoms with E-state index >= 15 is 0 Å². The highest BCUT2D eigenvalue weighted by Crippen LogP contribution is 2.35. The number of halogens is 1. The number of carboxylic acids is 1. The third-order valence-electron chi connectivity index (χ3n) is 3.44. The number of rotatable bonds is 4. The molecule has 0 aliphatic heterocycles. The molecule has 0 fully saturated rings. The first-order valence-corrected chi connectivity index (χ1v) is 8.40. The Balaban J connectivity index is 2.21. The van der Waals surface area contributed by atoms with Gasteiger partial charge in [-0.05, 0) is 53.2 Å². The Kier molecular flexibility index (Phi) is 4.23. The zero-order valence-corrected chi connectivity index (χ0v) is 14.8. The molecule has 3 aromatic rings. The summed E-state index contributed by atoms with van der Waals surface area (Å²) in [4.78, 5) is 12.4. The van der Waals surface area contributed by atoms with E-state index in [1.54, 1.807) is 18.7 Å². The van der Waals surface area contributed by atoms with E-state index in [0.29, 0.717) is 5.56 Å². The minimum atomic E-state index is -1.04. The summed E-state index contributed by atoms with van der Waals surface area (Å²) < 4.78 is 7.78. The molecular formula is C16H13BrN2O3S. The Morgan fingerprint density at radius 3 is 2.57 bits per heavy atom. The summed E-state index contributed by atoms with van der Waals surface area (Å²) in [7, 11) is 1.60. The summed E-state index contributed by atoms with van der Waals surface area (Å²) in [5, 5.41) is 15.6. The third-order valence-corrected chi connectivity index (χ3v) is 5.14. The van der Waals surface area contributed by atoms with Gasteiger partial charge in [0.2, 0.25) is 0 Å². The molecule has 0 aliphatic rings. The van der Waals surface area contributed by atoms with Crippen molar-refractivity contribution in [2.75, 3.05) is 7.11 Å². The molecule has 2 aromatic heterocycles. The quantitative estimate of drug-likeness (QED) is 0.715. The number of benzene rings is 1. The van der Waals surface area contributed by atoms with Crippen LogP contribution in [0.4, 0.5) is 0 Å². The second kappa shape index (κ2) is 6.17. The Morgan fingerprint density at radius 1 is 1.35 bits per heavy atom. The molecule has 0 atom stereocenters. The predicted octanol–water partition coefficient (Wildman–Crippen LogP) is 4.38. The first-order chi connectivity index (χ1) is 11.0. The summed E-state index contributed by atoms with van der Waals surface area (Å²) in [6, 6.07) is 9.30. The van der Waals surface area contributed by atoms with E-state index in [0.717, 1.165) is 26.5 Å². The fraction of sp³-hybridized carbons (Fsp3) is 0.125. The van der Waals surface area contributed by atoms with Crippen LogP contribution < -0.4 is 4.74 Å². The van der Waals surface area contributed by atoms with E-state index in [9.17, 15) is 9.90 Å². The van der Waals surface area contributed by atoms with Crippen LogP contribution in [0.25, 0.3) is 16.3 Å². The molecule has 0 amide bonds. The molecule has 0 aliphatic carbocycles. The lowest BCUT2D eigenvalue weighted by Gasteiger charge is -2.08. The van der Waals surface area contributed by atoms with Gasteiger partial charge in [0.25, 0.3) is 0 Å². The van der Waals surface area contributed by atoms with Crippen molar-refractivity contribution >= 4 is 33.2 Å². The molecule has 7 heteroatoms. The van der Waals surface area contributed by atoms with E-state index in [-0.39, 0.29) is 5.69 Å². The van der Waals surface area contributed by atoms with Crippen molar-refractivity contribution in [2.45, 2.75) is 6.92 Å². The maximum Gasteiger partial charge on any atom is 0.356 e. The molecule has 0 radical (unpaired) electrons. The summed E-state index contributed by atoms with van der Waals surface area (Å²) in [5.74, 6) is -0.303. The van der Waals surface area contributed by atoms with Gasteiger partial charge in [0, 0.05) is 15.4 Å². The van der Waals surface area contributed by atoms with Gasteiger partial charge < -0.3 is 9.84 Å². The average Bonchev–Trinajstić information content (AvgIpc) is 3.10. The van der Waals surface area contributed by atoms with Crippen molar-refractivity contribution in [3.8, 4) is 22.0 Å². The third kappa shape index (κ3) is 2.89. The fourth-order valence-corrected chi connectivity index (χ4v) is 3.85. The molecule has 1 N–H and O–H groups in total. The van der Waals surface area contributed by atoms with E-state index in [2.05, 4.69) is 21.0 Å². The average molecular weight is 393 g/mol. The second-order valence-electron chi connectivity index (χ2n) is 4.87. The lowest BCUT2D eigenvalue weighted by atomic mass is 10.1. The van der Waals surface area contributed by atoms with Gasteiger partial charge in [0.05, 0.1) is 23.4 Å². The highest BCUT2D eigenvalue weighted by Gasteiger charge is 2.22. The molecule has 118 valence electrons. The van der Waals surface area contributed by atoms with Gasteiger partial charge in [-0.15, -0.1) is 11.3 Å². The van der Waals surface area contributed by atoms with E-state index in [1.165, 1.54) is 11.3 Å². The maximum atomic E-state index is 11.5. The van der Waals surface area contributed by atoms with Crippen molar-refractivity contribution in [3.63, 3.8) is 0 Å². The molecule has 23 heavy (non-hydrogen) atoms. The van der Waals surface area contributed by atoms with E-state index in [4.69, 9.17) is 4.74 Å². The van der Waals surface area contributed by atoms with Crippen LogP contribution in [0.1, 0.15) is 16.1 Å². The van der Waals surface area contributed by atoms with Crippen molar-refractivity contribution in [1.29, 1.82) is 0 Å². The number of carbonyl (C=O) groups is 1. The van der Waals surface area contributed by atoms with Crippen LogP contribution in [0, 0.1) is 6.92 Å². The van der Waals surface area contributed by atoms with Crippen LogP contribution in [0.15, 0.2) is 40.2 Å². The molecule has 2 heterocycles. The summed E-state index contributed by atoms with van der Waals surface area (Å²) in [5.41, 5.74) is 2.26. The molecule has 0 saturated carbocycles. The molecule has 1 aromatic carbocycles. The highest BCUT2D eigenvalue weighted by molar-refractivity contribution is 9.10. The molecule has 0 bridgehead atoms. The summed E-state index contributed by atoms with van der Waals surface area (Å²) >= 11 is 4.97. The van der Waals surface area contributed by atoms with Crippen LogP contribution >= 0.6 is 27.3 Å². The number of ether oxygens (including phenoxy) is 1. The molecule has 5 nitrogen and oxygen atoms in total. The fourth-order valence-electron chi connectivity index (χ4n) is 2.34. The molecule has 0 saturated heterocycles. The van der Waals surface area contributed by atoms with Crippen LogP contribution in [-0.2, 0) is 0 Å². The van der Waals surface area contributed by atoms with Gasteiger partial charge >= 0.3 is 5.97 Å². The minimum absolute atomic E-state index is 0.0559. The van der Waals surface area contributed by atoms with E-state index in [1.807, 2.05) is 35.7 Å². The molecular weight excluding hydrogens is 380 g/mol. The number of thiophene rings is 1. The minimum Gasteiger partial charge on any atom is -0.497 e. The Labute approximate surface area is 145 Å². The monoisotopic (exact) mass is 392 g/mol. The molecule has 0 unspecified atom stereocenters. The highest BCUT2D eigenvalue weighted by atomic mass is 79.9. The maximum absolute atomic E-state index is 11.5. The number of methoxy groups -OCH3 is 1. The lowest BCUT2D eigenvalue weighted by Crippen LogP contribution is -2.02. The van der Waals surface area contributed by atoms with Crippen LogP contribution in [0.3, 0.4) is 0 Å². The van der Waals surface area contributed by atoms with Crippen molar-refractivity contribution in [2.24, 2.45) is 0 Å². The number of carboxylic acid groups (broad SMARTS) is 1. The topological polar surface area (TPSA) is 64.4 Å². The molecule has 3 rings (SSSR count). The normalized spacial score (nSPS) is 10.7. The zero-order chi connectivity index (χ0) is 16.6. The van der Waals surface area contributed by atoms with Crippen LogP contribution in [0.5, 0.6) is 5.75 Å².